The summed E-state index contributed by atoms with van der Waals surface area (Å²) in [5.41, 5.74) is 2.16. The van der Waals surface area contributed by atoms with Crippen molar-refractivity contribution in [2.75, 3.05) is 0 Å². The summed E-state index contributed by atoms with van der Waals surface area (Å²) in [4.78, 5) is 7.59. The van der Waals surface area contributed by atoms with E-state index in [1.54, 1.807) is 6.26 Å². The Balaban J connectivity index is 2.58. The highest BCUT2D eigenvalue weighted by molar-refractivity contribution is 7.71. The molecule has 2 aromatic heterocycles. The summed E-state index contributed by atoms with van der Waals surface area (Å²) in [6.07, 6.45) is 1.62. The molecule has 0 atom stereocenters. The van der Waals surface area contributed by atoms with Crippen LogP contribution < -0.4 is 0 Å². The van der Waals surface area contributed by atoms with E-state index in [1.807, 2.05) is 19.1 Å². The Hall–Kier alpha value is -1.42. The third-order valence-corrected chi connectivity index (χ3v) is 2.80. The fraction of sp³-hybridized carbons (Fsp3) is 0.333. The molecular formula is C12H14N2OS. The monoisotopic (exact) mass is 234 g/mol. The van der Waals surface area contributed by atoms with Crippen molar-refractivity contribution in [1.29, 1.82) is 0 Å². The van der Waals surface area contributed by atoms with Gasteiger partial charge in [0.05, 0.1) is 6.26 Å². The molecule has 84 valence electrons. The largest absolute Gasteiger partial charge is 0.461 e. The number of H-pyrrole nitrogens is 1. The van der Waals surface area contributed by atoms with Gasteiger partial charge >= 0.3 is 0 Å². The molecule has 0 saturated heterocycles. The van der Waals surface area contributed by atoms with Crippen LogP contribution in [0.4, 0.5) is 0 Å². The predicted octanol–water partition coefficient (Wildman–Crippen LogP) is 3.83. The number of aromatic nitrogens is 2. The van der Waals surface area contributed by atoms with Gasteiger partial charge in [0.15, 0.2) is 11.6 Å². The Morgan fingerprint density at radius 3 is 2.69 bits per heavy atom. The molecule has 2 aromatic rings. The van der Waals surface area contributed by atoms with Gasteiger partial charge in [0, 0.05) is 11.3 Å². The third kappa shape index (κ3) is 1.93. The smallest absolute Gasteiger partial charge is 0.175 e. The number of nitrogens with one attached hydrogen (secondary N) is 1. The topological polar surface area (TPSA) is 41.8 Å². The molecule has 0 bridgehead atoms. The number of aryl methyl sites for hydroxylation is 1. The predicted molar refractivity (Wildman–Crippen MR) is 65.9 cm³/mol. The van der Waals surface area contributed by atoms with Gasteiger partial charge in [-0.25, -0.2) is 4.98 Å². The maximum atomic E-state index is 5.30. The molecule has 16 heavy (non-hydrogen) atoms. The van der Waals surface area contributed by atoms with Crippen molar-refractivity contribution in [3.63, 3.8) is 0 Å². The molecule has 0 fully saturated rings. The quantitative estimate of drug-likeness (QED) is 0.803. The van der Waals surface area contributed by atoms with E-state index >= 15 is 0 Å². The highest BCUT2D eigenvalue weighted by atomic mass is 32.1. The van der Waals surface area contributed by atoms with E-state index in [0.717, 1.165) is 11.3 Å². The summed E-state index contributed by atoms with van der Waals surface area (Å²) in [7, 11) is 0. The molecular weight excluding hydrogens is 220 g/mol. The Labute approximate surface area is 99.5 Å². The second-order valence-corrected chi connectivity index (χ2v) is 4.45. The van der Waals surface area contributed by atoms with Crippen molar-refractivity contribution < 1.29 is 4.42 Å². The van der Waals surface area contributed by atoms with Gasteiger partial charge < -0.3 is 9.40 Å². The van der Waals surface area contributed by atoms with Gasteiger partial charge in [0.2, 0.25) is 0 Å². The van der Waals surface area contributed by atoms with Gasteiger partial charge in [-0.15, -0.1) is 0 Å². The fourth-order valence-electron chi connectivity index (χ4n) is 1.81. The highest BCUT2D eigenvalue weighted by Gasteiger charge is 2.11. The minimum Gasteiger partial charge on any atom is -0.461 e. The lowest BCUT2D eigenvalue weighted by atomic mass is 10.0. The zero-order valence-corrected chi connectivity index (χ0v) is 10.4. The zero-order chi connectivity index (χ0) is 11.7. The molecule has 0 spiro atoms. The van der Waals surface area contributed by atoms with E-state index < -0.39 is 0 Å². The maximum Gasteiger partial charge on any atom is 0.175 e. The van der Waals surface area contributed by atoms with Crippen molar-refractivity contribution >= 4 is 12.2 Å². The van der Waals surface area contributed by atoms with Gasteiger partial charge in [-0.05, 0) is 25.0 Å². The van der Waals surface area contributed by atoms with E-state index in [1.165, 1.54) is 0 Å². The summed E-state index contributed by atoms with van der Waals surface area (Å²) in [5.74, 6) is 1.78. The van der Waals surface area contributed by atoms with Gasteiger partial charge in [0.25, 0.3) is 0 Å². The third-order valence-electron chi connectivity index (χ3n) is 2.49. The van der Waals surface area contributed by atoms with Crippen molar-refractivity contribution in [3.8, 4) is 11.6 Å². The summed E-state index contributed by atoms with van der Waals surface area (Å²) in [6, 6.07) is 3.70. The molecule has 2 rings (SSSR count). The molecule has 1 N–H and O–H groups in total. The van der Waals surface area contributed by atoms with Crippen LogP contribution in [0.15, 0.2) is 22.8 Å². The minimum atomic E-state index is 0.377. The molecule has 0 aromatic carbocycles. The number of furan rings is 1. The number of aromatic amines is 1. The van der Waals surface area contributed by atoms with Crippen molar-refractivity contribution in [2.45, 2.75) is 26.7 Å². The average Bonchev–Trinajstić information content (AvgIpc) is 2.67. The Kier molecular flexibility index (Phi) is 2.92. The average molecular weight is 234 g/mol. The lowest BCUT2D eigenvalue weighted by molar-refractivity contribution is 0.576. The maximum absolute atomic E-state index is 5.30. The van der Waals surface area contributed by atoms with Gasteiger partial charge in [-0.3, -0.25) is 0 Å². The number of rotatable bonds is 2. The van der Waals surface area contributed by atoms with E-state index in [0.29, 0.717) is 22.1 Å². The molecule has 0 saturated carbocycles. The van der Waals surface area contributed by atoms with Crippen molar-refractivity contribution in [2.24, 2.45) is 0 Å². The summed E-state index contributed by atoms with van der Waals surface area (Å²) in [6.45, 7) is 6.24. The Morgan fingerprint density at radius 2 is 2.19 bits per heavy atom. The molecule has 0 radical (unpaired) electrons. The summed E-state index contributed by atoms with van der Waals surface area (Å²) in [5, 5.41) is 0. The first-order valence-electron chi connectivity index (χ1n) is 5.24. The van der Waals surface area contributed by atoms with Crippen LogP contribution in [0.1, 0.15) is 31.0 Å². The second-order valence-electron chi connectivity index (χ2n) is 4.06. The van der Waals surface area contributed by atoms with Crippen LogP contribution in [0, 0.1) is 11.6 Å². The van der Waals surface area contributed by atoms with Crippen LogP contribution in [0.25, 0.3) is 11.6 Å². The van der Waals surface area contributed by atoms with Gasteiger partial charge in [-0.1, -0.05) is 26.1 Å². The van der Waals surface area contributed by atoms with E-state index in [2.05, 4.69) is 23.8 Å². The normalized spacial score (nSPS) is 11.0. The van der Waals surface area contributed by atoms with Crippen molar-refractivity contribution in [3.05, 3.63) is 34.3 Å². The van der Waals surface area contributed by atoms with E-state index in [4.69, 9.17) is 16.6 Å². The number of hydrogen-bond donors (Lipinski definition) is 1. The van der Waals surface area contributed by atoms with Crippen LogP contribution >= 0.6 is 12.2 Å². The Bertz CT molecular complexity index is 541. The van der Waals surface area contributed by atoms with Crippen LogP contribution in [0.3, 0.4) is 0 Å². The number of hydrogen-bond acceptors (Lipinski definition) is 3. The van der Waals surface area contributed by atoms with E-state index in [-0.39, 0.29) is 0 Å². The highest BCUT2D eigenvalue weighted by Crippen LogP contribution is 2.22. The first kappa shape index (κ1) is 11.1. The molecule has 3 nitrogen and oxygen atoms in total. The fourth-order valence-corrected chi connectivity index (χ4v) is 2.29. The molecule has 4 heteroatoms. The van der Waals surface area contributed by atoms with Crippen LogP contribution in [0.5, 0.6) is 0 Å². The lowest BCUT2D eigenvalue weighted by Crippen LogP contribution is -2.01. The SMILES string of the molecule is Cc1[nH]c(-c2ccco2)nc(=S)c1C(C)C. The molecule has 2 heterocycles. The number of nitrogens with zero attached hydrogens (tertiary/aromatic N) is 1. The molecule has 0 unspecified atom stereocenters. The van der Waals surface area contributed by atoms with E-state index in [9.17, 15) is 0 Å². The summed E-state index contributed by atoms with van der Waals surface area (Å²) >= 11 is 5.30. The second kappa shape index (κ2) is 4.22. The molecule has 0 aliphatic heterocycles. The molecule has 0 aliphatic carbocycles. The van der Waals surface area contributed by atoms with Gasteiger partial charge in [0.1, 0.15) is 4.64 Å². The molecule has 0 amide bonds. The van der Waals surface area contributed by atoms with Crippen LogP contribution in [-0.2, 0) is 0 Å². The minimum absolute atomic E-state index is 0.377. The summed E-state index contributed by atoms with van der Waals surface area (Å²) < 4.78 is 5.94. The Morgan fingerprint density at radius 1 is 1.44 bits per heavy atom. The lowest BCUT2D eigenvalue weighted by Gasteiger charge is -2.10. The molecule has 0 aliphatic rings. The first-order chi connectivity index (χ1) is 7.59. The first-order valence-corrected chi connectivity index (χ1v) is 5.65. The van der Waals surface area contributed by atoms with Crippen molar-refractivity contribution in [1.82, 2.24) is 9.97 Å². The standard InChI is InChI=1S/C12H14N2OS/c1-7(2)10-8(3)13-11(14-12(10)16)9-5-4-6-15-9/h4-7H,1-3H3,(H,13,14,16). The van der Waals surface area contributed by atoms with Crippen LogP contribution in [-0.4, -0.2) is 9.97 Å². The van der Waals surface area contributed by atoms with Gasteiger partial charge in [-0.2, -0.15) is 0 Å². The van der Waals surface area contributed by atoms with Crippen LogP contribution in [0.2, 0.25) is 0 Å². The zero-order valence-electron chi connectivity index (χ0n) is 9.57.